The number of rotatable bonds is 11. The molecule has 7 nitrogen and oxygen atoms in total. The third-order valence-electron chi connectivity index (χ3n) is 15.2. The number of hydrogen-bond acceptors (Lipinski definition) is 4. The first-order valence-electron chi connectivity index (χ1n) is 26.4. The Morgan fingerprint density at radius 2 is 0.633 bits per heavy atom. The predicted octanol–water partition coefficient (Wildman–Crippen LogP) is 18.1. The molecule has 0 atom stereocenters. The molecule has 0 aliphatic rings. The highest BCUT2D eigenvalue weighted by molar-refractivity contribution is 8.34. The van der Waals surface area contributed by atoms with Gasteiger partial charge in [0.25, 0.3) is 0 Å². The molecule has 0 fully saturated rings. The average molecular weight is 1050 g/mol. The molecule has 0 saturated carbocycles. The third kappa shape index (κ3) is 7.31. The second kappa shape index (κ2) is 19.0. The zero-order chi connectivity index (χ0) is 52.3. The van der Waals surface area contributed by atoms with E-state index in [4.69, 9.17) is 19.9 Å². The summed E-state index contributed by atoms with van der Waals surface area (Å²) in [5.74, 6) is 2.22. The minimum absolute atomic E-state index is 0.461. The van der Waals surface area contributed by atoms with Gasteiger partial charge in [0.2, 0.25) is 17.7 Å². The van der Waals surface area contributed by atoms with Crippen LogP contribution in [-0.4, -0.2) is 33.5 Å². The van der Waals surface area contributed by atoms with E-state index in [0.717, 1.165) is 49.4 Å². The zero-order valence-electron chi connectivity index (χ0n) is 42.7. The van der Waals surface area contributed by atoms with E-state index in [2.05, 4.69) is 305 Å². The van der Waals surface area contributed by atoms with Crippen LogP contribution in [-0.2, 0) is 0 Å². The van der Waals surface area contributed by atoms with Gasteiger partial charge in [0, 0.05) is 55.5 Å². The number of hydrogen-bond donors (Lipinski definition) is 0. The fraction of sp³-hybridized carbons (Fsp3) is 0. The second-order valence-corrected chi connectivity index (χ2v) is 25.7. The van der Waals surface area contributed by atoms with Crippen LogP contribution < -0.4 is 0 Å². The molecule has 79 heavy (non-hydrogen) atoms. The SMILES string of the molecule is c1ccc(S(c2ccccc2)(c2ccccc2)c2ccc(-c3nc(-n4c5ccccc5c5ccc(S(c6ccccc6)(c6ccccc6)c6ccccc6)cc54)nc(-n4c5ccccc5n5c6ccccc6nc45)n3)cc2)cc1. The van der Waals surface area contributed by atoms with Crippen molar-refractivity contribution in [2.75, 3.05) is 0 Å². The molecule has 376 valence electrons. The molecule has 9 heteroatoms. The molecule has 0 unspecified atom stereocenters. The smallest absolute Gasteiger partial charge is 0.242 e. The van der Waals surface area contributed by atoms with Gasteiger partial charge in [0.1, 0.15) is 0 Å². The lowest BCUT2D eigenvalue weighted by Crippen LogP contribution is -2.11. The molecule has 15 rings (SSSR count). The minimum Gasteiger partial charge on any atom is -0.278 e. The number of fused-ring (bicyclic) bond motifs is 8. The monoisotopic (exact) mass is 1050 g/mol. The Morgan fingerprint density at radius 1 is 0.253 bits per heavy atom. The van der Waals surface area contributed by atoms with E-state index in [1.165, 1.54) is 39.2 Å². The minimum atomic E-state index is -2.05. The van der Waals surface area contributed by atoms with Gasteiger partial charge in [-0.25, -0.2) is 9.55 Å². The number of aromatic nitrogens is 7. The van der Waals surface area contributed by atoms with Crippen LogP contribution in [0.15, 0.2) is 336 Å². The molecule has 0 bridgehead atoms. The van der Waals surface area contributed by atoms with Gasteiger partial charge in [0.15, 0.2) is 5.82 Å². The van der Waals surface area contributed by atoms with Crippen LogP contribution in [0.1, 0.15) is 0 Å². The molecule has 15 aromatic rings. The van der Waals surface area contributed by atoms with Gasteiger partial charge in [-0.3, -0.25) is 8.97 Å². The molecule has 4 aromatic heterocycles. The van der Waals surface area contributed by atoms with Crippen molar-refractivity contribution in [3.63, 3.8) is 0 Å². The van der Waals surface area contributed by atoms with E-state index in [9.17, 15) is 0 Å². The van der Waals surface area contributed by atoms with Gasteiger partial charge in [0.05, 0.1) is 33.1 Å². The van der Waals surface area contributed by atoms with E-state index < -0.39 is 20.1 Å². The Bertz CT molecular complexity index is 4510. The topological polar surface area (TPSA) is 65.8 Å². The Morgan fingerprint density at radius 3 is 1.15 bits per heavy atom. The van der Waals surface area contributed by atoms with Crippen molar-refractivity contribution in [3.8, 4) is 23.3 Å². The van der Waals surface area contributed by atoms with E-state index in [1.807, 2.05) is 6.07 Å². The van der Waals surface area contributed by atoms with Crippen LogP contribution in [0.25, 0.3) is 72.9 Å². The first-order chi connectivity index (χ1) is 39.2. The van der Waals surface area contributed by atoms with Gasteiger partial charge < -0.3 is 0 Å². The van der Waals surface area contributed by atoms with Crippen LogP contribution in [0.3, 0.4) is 0 Å². The lowest BCUT2D eigenvalue weighted by Gasteiger charge is -2.42. The summed E-state index contributed by atoms with van der Waals surface area (Å²) in [6.45, 7) is 0. The number of benzene rings is 11. The van der Waals surface area contributed by atoms with Gasteiger partial charge in [-0.1, -0.05) is 170 Å². The molecular weight excluding hydrogens is 1000 g/mol. The Hall–Kier alpha value is -9.80. The molecule has 11 aromatic carbocycles. The summed E-state index contributed by atoms with van der Waals surface area (Å²) in [6, 6.07) is 107. The van der Waals surface area contributed by atoms with Gasteiger partial charge in [-0.05, 0) is 127 Å². The molecule has 0 aliphatic heterocycles. The summed E-state index contributed by atoms with van der Waals surface area (Å²) < 4.78 is 6.57. The highest BCUT2D eigenvalue weighted by atomic mass is 32.3. The summed E-state index contributed by atoms with van der Waals surface area (Å²) in [5, 5.41) is 2.21. The molecule has 0 radical (unpaired) electrons. The predicted molar refractivity (Wildman–Crippen MR) is 323 cm³/mol. The highest BCUT2D eigenvalue weighted by Crippen LogP contribution is 2.74. The van der Waals surface area contributed by atoms with Crippen LogP contribution in [0.4, 0.5) is 0 Å². The lowest BCUT2D eigenvalue weighted by atomic mass is 10.2. The van der Waals surface area contributed by atoms with Crippen molar-refractivity contribution < 1.29 is 0 Å². The summed E-state index contributed by atoms with van der Waals surface area (Å²) >= 11 is 0. The maximum atomic E-state index is 5.62. The van der Waals surface area contributed by atoms with Crippen molar-refractivity contribution in [3.05, 3.63) is 297 Å². The fourth-order valence-electron chi connectivity index (χ4n) is 11.8. The first-order valence-corrected chi connectivity index (χ1v) is 29.7. The summed E-state index contributed by atoms with van der Waals surface area (Å²) in [7, 11) is -4.01. The molecular formula is C70H49N7S2. The van der Waals surface area contributed by atoms with Crippen LogP contribution in [0, 0.1) is 0 Å². The quantitative estimate of drug-likeness (QED) is 0.129. The summed E-state index contributed by atoms with van der Waals surface area (Å²) in [5.41, 5.74) is 6.68. The normalized spacial score (nSPS) is 12.5. The Labute approximate surface area is 460 Å². The van der Waals surface area contributed by atoms with Crippen molar-refractivity contribution in [1.29, 1.82) is 0 Å². The van der Waals surface area contributed by atoms with E-state index in [0.29, 0.717) is 23.5 Å². The molecule has 0 saturated heterocycles. The molecule has 0 amide bonds. The van der Waals surface area contributed by atoms with Crippen LogP contribution >= 0.6 is 20.1 Å². The largest absolute Gasteiger partial charge is 0.278 e. The van der Waals surface area contributed by atoms with Crippen LogP contribution in [0.2, 0.25) is 0 Å². The van der Waals surface area contributed by atoms with Gasteiger partial charge in [-0.15, -0.1) is 20.1 Å². The van der Waals surface area contributed by atoms with Gasteiger partial charge in [-0.2, -0.15) is 15.0 Å². The molecule has 4 heterocycles. The number of nitrogens with zero attached hydrogens (tertiary/aromatic N) is 7. The maximum Gasteiger partial charge on any atom is 0.242 e. The zero-order valence-corrected chi connectivity index (χ0v) is 44.4. The van der Waals surface area contributed by atoms with E-state index in [1.54, 1.807) is 0 Å². The van der Waals surface area contributed by atoms with E-state index in [-0.39, 0.29) is 0 Å². The van der Waals surface area contributed by atoms with Crippen molar-refractivity contribution in [1.82, 2.24) is 33.5 Å². The molecule has 0 N–H and O–H groups in total. The molecule has 0 spiro atoms. The lowest BCUT2D eigenvalue weighted by molar-refractivity contribution is 0.884. The average Bonchev–Trinajstić information content (AvgIpc) is 4.24. The van der Waals surface area contributed by atoms with Gasteiger partial charge >= 0.3 is 0 Å². The summed E-state index contributed by atoms with van der Waals surface area (Å²) in [4.78, 5) is 31.9. The first kappa shape index (κ1) is 46.5. The van der Waals surface area contributed by atoms with Crippen molar-refractivity contribution >= 4 is 69.7 Å². The Kier molecular flexibility index (Phi) is 11.2. The van der Waals surface area contributed by atoms with Crippen LogP contribution in [0.5, 0.6) is 0 Å². The van der Waals surface area contributed by atoms with E-state index >= 15 is 0 Å². The van der Waals surface area contributed by atoms with Crippen molar-refractivity contribution in [2.24, 2.45) is 0 Å². The summed E-state index contributed by atoms with van der Waals surface area (Å²) in [6.07, 6.45) is 0. The third-order valence-corrected chi connectivity index (χ3v) is 23.0. The van der Waals surface area contributed by atoms with Crippen molar-refractivity contribution in [2.45, 2.75) is 39.2 Å². The maximum absolute atomic E-state index is 5.62. The number of imidazole rings is 2. The standard InChI is InChI=1S/C70H49N7S2/c1-7-25-51(26-8-1)78(52-27-9-2-10-28-52,53-29-11-3-12-30-53)57-45-43-50(44-46-57)67-72-68(74-69(73-67)77-65-42-24-23-41-64(65)76-63-40-22-20-38-61(63)71-70(76)77)75-62-39-21-19-37-59(62)60-48-47-58(49-66(60)75)79(54-31-13-4-14-32-54,55-33-15-5-16-34-55)56-35-17-6-18-36-56/h1-49H. The second-order valence-electron chi connectivity index (χ2n) is 19.5. The highest BCUT2D eigenvalue weighted by Gasteiger charge is 2.36. The Balaban J connectivity index is 1.01. The molecule has 0 aliphatic carbocycles. The fourth-order valence-corrected chi connectivity index (χ4v) is 19.5. The number of para-hydroxylation sites is 5.